The number of amides is 1. The molecule has 1 amide bonds. The van der Waals surface area contributed by atoms with Gasteiger partial charge in [0.25, 0.3) is 5.91 Å². The lowest BCUT2D eigenvalue weighted by atomic mass is 10.0. The van der Waals surface area contributed by atoms with Crippen molar-refractivity contribution in [3.05, 3.63) is 29.3 Å². The molecule has 0 aromatic heterocycles. The summed E-state index contributed by atoms with van der Waals surface area (Å²) in [7, 11) is 1.62. The maximum atomic E-state index is 12.6. The zero-order chi connectivity index (χ0) is 14.0. The van der Waals surface area contributed by atoms with Gasteiger partial charge in [0.05, 0.1) is 7.11 Å². The number of halogens is 1. The van der Waals surface area contributed by atoms with Crippen LogP contribution in [-0.2, 0) is 0 Å². The summed E-state index contributed by atoms with van der Waals surface area (Å²) in [5.41, 5.74) is 1.70. The summed E-state index contributed by atoms with van der Waals surface area (Å²) in [5.74, 6) is 1.76. The average molecular weight is 282 g/mol. The number of nitrogens with zero attached hydrogens (tertiary/aromatic N) is 1. The topological polar surface area (TPSA) is 29.5 Å². The lowest BCUT2D eigenvalue weighted by Crippen LogP contribution is -2.38. The summed E-state index contributed by atoms with van der Waals surface area (Å²) in [6, 6.07) is 5.73. The normalized spacial score (nSPS) is 22.6. The Bertz CT molecular complexity index is 475. The Morgan fingerprint density at radius 3 is 2.89 bits per heavy atom. The van der Waals surface area contributed by atoms with Crippen molar-refractivity contribution in [3.8, 4) is 5.75 Å². The first kappa shape index (κ1) is 14.2. The van der Waals surface area contributed by atoms with Gasteiger partial charge in [0.1, 0.15) is 5.75 Å². The van der Waals surface area contributed by atoms with E-state index in [1.54, 1.807) is 7.11 Å². The van der Waals surface area contributed by atoms with E-state index >= 15 is 0 Å². The smallest absolute Gasteiger partial charge is 0.254 e. The molecule has 19 heavy (non-hydrogen) atoms. The molecular formula is C15H20ClNO2. The van der Waals surface area contributed by atoms with E-state index in [4.69, 9.17) is 16.3 Å². The number of carbonyl (C=O) groups is 1. The highest BCUT2D eigenvalue weighted by atomic mass is 35.5. The molecule has 1 aromatic carbocycles. The van der Waals surface area contributed by atoms with Crippen molar-refractivity contribution in [3.63, 3.8) is 0 Å². The molecule has 0 saturated carbocycles. The number of aryl methyl sites for hydroxylation is 1. The van der Waals surface area contributed by atoms with Crippen LogP contribution >= 0.6 is 11.6 Å². The summed E-state index contributed by atoms with van der Waals surface area (Å²) in [4.78, 5) is 14.4. The molecule has 1 saturated heterocycles. The van der Waals surface area contributed by atoms with Crippen molar-refractivity contribution in [2.45, 2.75) is 26.3 Å². The molecule has 2 rings (SSSR count). The van der Waals surface area contributed by atoms with E-state index in [-0.39, 0.29) is 11.9 Å². The fraction of sp³-hybridized carbons (Fsp3) is 0.533. The Morgan fingerprint density at radius 1 is 1.53 bits per heavy atom. The van der Waals surface area contributed by atoms with Gasteiger partial charge in [-0.2, -0.15) is 0 Å². The molecule has 1 aliphatic rings. The second-order valence-electron chi connectivity index (χ2n) is 5.17. The van der Waals surface area contributed by atoms with Crippen molar-refractivity contribution in [2.24, 2.45) is 5.92 Å². The van der Waals surface area contributed by atoms with Gasteiger partial charge in [-0.25, -0.2) is 0 Å². The highest BCUT2D eigenvalue weighted by molar-refractivity contribution is 6.18. The molecule has 0 aliphatic carbocycles. The van der Waals surface area contributed by atoms with Gasteiger partial charge in [0, 0.05) is 24.0 Å². The SMILES string of the molecule is COc1cc(C(=O)N2CCC(C)C2CCl)ccc1C. The number of methoxy groups -OCH3 is 1. The zero-order valence-electron chi connectivity index (χ0n) is 11.6. The van der Waals surface area contributed by atoms with E-state index in [0.717, 1.165) is 24.3 Å². The largest absolute Gasteiger partial charge is 0.496 e. The molecule has 1 heterocycles. The van der Waals surface area contributed by atoms with Crippen molar-refractivity contribution < 1.29 is 9.53 Å². The quantitative estimate of drug-likeness (QED) is 0.797. The van der Waals surface area contributed by atoms with E-state index in [1.807, 2.05) is 30.0 Å². The Kier molecular flexibility index (Phi) is 4.35. The van der Waals surface area contributed by atoms with Crippen LogP contribution in [0.1, 0.15) is 29.3 Å². The maximum absolute atomic E-state index is 12.6. The number of rotatable bonds is 3. The lowest BCUT2D eigenvalue weighted by Gasteiger charge is -2.25. The summed E-state index contributed by atoms with van der Waals surface area (Å²) < 4.78 is 5.28. The highest BCUT2D eigenvalue weighted by Gasteiger charge is 2.34. The van der Waals surface area contributed by atoms with Gasteiger partial charge in [0.2, 0.25) is 0 Å². The van der Waals surface area contributed by atoms with E-state index in [9.17, 15) is 4.79 Å². The fourth-order valence-electron chi connectivity index (χ4n) is 2.61. The van der Waals surface area contributed by atoms with Crippen LogP contribution in [0.2, 0.25) is 0 Å². The monoisotopic (exact) mass is 281 g/mol. The van der Waals surface area contributed by atoms with E-state index < -0.39 is 0 Å². The van der Waals surface area contributed by atoms with E-state index in [2.05, 4.69) is 6.92 Å². The first-order valence-electron chi connectivity index (χ1n) is 6.60. The Hall–Kier alpha value is -1.22. The molecule has 3 nitrogen and oxygen atoms in total. The van der Waals surface area contributed by atoms with Gasteiger partial charge >= 0.3 is 0 Å². The van der Waals surface area contributed by atoms with Crippen LogP contribution in [0.25, 0.3) is 0 Å². The average Bonchev–Trinajstić information content (AvgIpc) is 2.79. The van der Waals surface area contributed by atoms with Crippen LogP contribution in [0.15, 0.2) is 18.2 Å². The predicted molar refractivity (Wildman–Crippen MR) is 77.1 cm³/mol. The Labute approximate surface area is 119 Å². The third-order valence-electron chi connectivity index (χ3n) is 3.96. The third kappa shape index (κ3) is 2.71. The minimum atomic E-state index is 0.0494. The van der Waals surface area contributed by atoms with Crippen molar-refractivity contribution >= 4 is 17.5 Å². The van der Waals surface area contributed by atoms with Crippen LogP contribution in [0.3, 0.4) is 0 Å². The number of alkyl halides is 1. The molecule has 2 atom stereocenters. The molecule has 104 valence electrons. The third-order valence-corrected chi connectivity index (χ3v) is 4.27. The summed E-state index contributed by atoms with van der Waals surface area (Å²) in [5, 5.41) is 0. The molecule has 0 N–H and O–H groups in total. The molecule has 2 unspecified atom stereocenters. The lowest BCUT2D eigenvalue weighted by molar-refractivity contribution is 0.0736. The maximum Gasteiger partial charge on any atom is 0.254 e. The van der Waals surface area contributed by atoms with E-state index in [0.29, 0.717) is 17.4 Å². The van der Waals surface area contributed by atoms with Gasteiger partial charge in [-0.1, -0.05) is 13.0 Å². The van der Waals surface area contributed by atoms with Crippen LogP contribution < -0.4 is 4.74 Å². The summed E-state index contributed by atoms with van der Waals surface area (Å²) in [6.07, 6.45) is 1.02. The predicted octanol–water partition coefficient (Wildman–Crippen LogP) is 3.09. The van der Waals surface area contributed by atoms with Crippen LogP contribution in [0.5, 0.6) is 5.75 Å². The van der Waals surface area contributed by atoms with Crippen molar-refractivity contribution in [1.82, 2.24) is 4.90 Å². The molecular weight excluding hydrogens is 262 g/mol. The standard InChI is InChI=1S/C15H20ClNO2/c1-10-6-7-17(13(10)9-16)15(18)12-5-4-11(2)14(8-12)19-3/h4-5,8,10,13H,6-7,9H2,1-3H3. The molecule has 4 heteroatoms. The van der Waals surface area contributed by atoms with Crippen LogP contribution in [-0.4, -0.2) is 36.4 Å². The minimum Gasteiger partial charge on any atom is -0.496 e. The summed E-state index contributed by atoms with van der Waals surface area (Å²) >= 11 is 5.99. The van der Waals surface area contributed by atoms with E-state index in [1.165, 1.54) is 0 Å². The first-order valence-corrected chi connectivity index (χ1v) is 7.13. The van der Waals surface area contributed by atoms with Crippen LogP contribution in [0, 0.1) is 12.8 Å². The number of carbonyl (C=O) groups excluding carboxylic acids is 1. The number of hydrogen-bond donors (Lipinski definition) is 0. The minimum absolute atomic E-state index is 0.0494. The van der Waals surface area contributed by atoms with Crippen molar-refractivity contribution in [2.75, 3.05) is 19.5 Å². The second kappa shape index (κ2) is 5.83. The number of hydrogen-bond acceptors (Lipinski definition) is 2. The second-order valence-corrected chi connectivity index (χ2v) is 5.48. The van der Waals surface area contributed by atoms with Crippen LogP contribution in [0.4, 0.5) is 0 Å². The van der Waals surface area contributed by atoms with Gasteiger partial charge in [0.15, 0.2) is 0 Å². The molecule has 1 fully saturated rings. The number of likely N-dealkylation sites (tertiary alicyclic amines) is 1. The van der Waals surface area contributed by atoms with Gasteiger partial charge in [-0.3, -0.25) is 4.79 Å². The molecule has 0 radical (unpaired) electrons. The summed E-state index contributed by atoms with van der Waals surface area (Å²) in [6.45, 7) is 4.90. The molecule has 0 bridgehead atoms. The number of benzene rings is 1. The molecule has 0 spiro atoms. The van der Waals surface area contributed by atoms with Crippen molar-refractivity contribution in [1.29, 1.82) is 0 Å². The number of ether oxygens (including phenoxy) is 1. The Balaban J connectivity index is 2.24. The molecule has 1 aromatic rings. The van der Waals surface area contributed by atoms with Gasteiger partial charge in [-0.05, 0) is 37.0 Å². The van der Waals surface area contributed by atoms with Gasteiger partial charge < -0.3 is 9.64 Å². The highest BCUT2D eigenvalue weighted by Crippen LogP contribution is 2.28. The first-order chi connectivity index (χ1) is 9.08. The van der Waals surface area contributed by atoms with Gasteiger partial charge in [-0.15, -0.1) is 11.6 Å². The zero-order valence-corrected chi connectivity index (χ0v) is 12.4. The fourth-order valence-corrected chi connectivity index (χ4v) is 3.09. The molecule has 1 aliphatic heterocycles. The Morgan fingerprint density at radius 2 is 2.26 bits per heavy atom.